The van der Waals surface area contributed by atoms with Gasteiger partial charge in [-0.3, -0.25) is 10.1 Å². The van der Waals surface area contributed by atoms with E-state index in [9.17, 15) is 18.5 Å². The normalized spacial score (nSPS) is 23.4. The zero-order valence-corrected chi connectivity index (χ0v) is 14.0. The van der Waals surface area contributed by atoms with Gasteiger partial charge in [0.2, 0.25) is 10.0 Å². The number of benzene rings is 1. The molecule has 2 fully saturated rings. The summed E-state index contributed by atoms with van der Waals surface area (Å²) in [5, 5.41) is 10.8. The third-order valence-corrected chi connectivity index (χ3v) is 5.79. The molecule has 1 aromatic carbocycles. The summed E-state index contributed by atoms with van der Waals surface area (Å²) in [7, 11) is -3.84. The van der Waals surface area contributed by atoms with Crippen LogP contribution in [0.25, 0.3) is 0 Å². The van der Waals surface area contributed by atoms with Crippen molar-refractivity contribution in [3.05, 3.63) is 34.4 Å². The first-order chi connectivity index (χ1) is 11.4. The van der Waals surface area contributed by atoms with E-state index in [1.165, 1.54) is 24.6 Å². The number of hydrogen-bond donors (Lipinski definition) is 1. The fourth-order valence-electron chi connectivity index (χ4n) is 3.12. The number of hydrogen-bond acceptors (Lipinski definition) is 6. The number of nitro benzene ring substituents is 1. The van der Waals surface area contributed by atoms with Gasteiger partial charge >= 0.3 is 0 Å². The minimum Gasteiger partial charge on any atom is -0.347 e. The second-order valence-corrected chi connectivity index (χ2v) is 7.90. The average molecular weight is 356 g/mol. The summed E-state index contributed by atoms with van der Waals surface area (Å²) in [5.74, 6) is -0.556. The number of rotatable bonds is 5. The van der Waals surface area contributed by atoms with E-state index in [0.29, 0.717) is 6.61 Å². The molecule has 0 aromatic heterocycles. The molecule has 1 N–H and O–H groups in total. The largest absolute Gasteiger partial charge is 0.347 e. The number of ether oxygens (including phenoxy) is 2. The van der Waals surface area contributed by atoms with E-state index >= 15 is 0 Å². The summed E-state index contributed by atoms with van der Waals surface area (Å²) in [5.41, 5.74) is -0.264. The minimum atomic E-state index is -3.84. The molecule has 2 aliphatic rings. The topological polar surface area (TPSA) is 108 Å². The molecular weight excluding hydrogens is 336 g/mol. The van der Waals surface area contributed by atoms with E-state index in [1.54, 1.807) is 0 Å². The number of nitro groups is 1. The highest BCUT2D eigenvalue weighted by Gasteiger charge is 2.42. The Morgan fingerprint density at radius 2 is 2.04 bits per heavy atom. The molecule has 0 radical (unpaired) electrons. The van der Waals surface area contributed by atoms with Crippen LogP contribution in [0.4, 0.5) is 5.69 Å². The van der Waals surface area contributed by atoms with E-state index in [2.05, 4.69) is 4.72 Å². The smallest absolute Gasteiger partial charge is 0.270 e. The molecular formula is C15H20N2O6S. The Kier molecular flexibility index (Phi) is 4.86. The van der Waals surface area contributed by atoms with E-state index in [0.717, 1.165) is 31.7 Å². The average Bonchev–Trinajstić information content (AvgIpc) is 2.96. The maximum atomic E-state index is 12.3. The van der Waals surface area contributed by atoms with Crippen LogP contribution in [0.3, 0.4) is 0 Å². The molecule has 1 saturated heterocycles. The van der Waals surface area contributed by atoms with Gasteiger partial charge in [-0.2, -0.15) is 0 Å². The highest BCUT2D eigenvalue weighted by atomic mass is 32.2. The van der Waals surface area contributed by atoms with Crippen molar-refractivity contribution in [2.24, 2.45) is 0 Å². The fraction of sp³-hybridized carbons (Fsp3) is 0.600. The standard InChI is InChI=1S/C15H20N2O6S/c18-17(19)12-5-4-6-14(9-12)24(20,21)16-10-13-11-22-15(23-13)7-2-1-3-8-15/h4-6,9,13,16H,1-3,7-8,10-11H2/t13-/m1/s1. The van der Waals surface area contributed by atoms with E-state index in [1.807, 2.05) is 0 Å². The fourth-order valence-corrected chi connectivity index (χ4v) is 4.23. The van der Waals surface area contributed by atoms with Gasteiger partial charge in [-0.1, -0.05) is 12.5 Å². The van der Waals surface area contributed by atoms with Crippen molar-refractivity contribution in [2.45, 2.75) is 48.9 Å². The highest BCUT2D eigenvalue weighted by Crippen LogP contribution is 2.37. The molecule has 132 valence electrons. The van der Waals surface area contributed by atoms with Gasteiger partial charge in [-0.15, -0.1) is 0 Å². The molecule has 1 aliphatic heterocycles. The van der Waals surface area contributed by atoms with Gasteiger partial charge in [-0.25, -0.2) is 13.1 Å². The minimum absolute atomic E-state index is 0.0762. The molecule has 0 unspecified atom stereocenters. The van der Waals surface area contributed by atoms with Crippen LogP contribution >= 0.6 is 0 Å². The summed E-state index contributed by atoms with van der Waals surface area (Å²) in [6.45, 7) is 0.421. The first-order valence-electron chi connectivity index (χ1n) is 7.96. The summed E-state index contributed by atoms with van der Waals surface area (Å²) in [4.78, 5) is 10.0. The molecule has 1 aliphatic carbocycles. The summed E-state index contributed by atoms with van der Waals surface area (Å²) < 4.78 is 38.7. The number of non-ortho nitro benzene ring substituents is 1. The van der Waals surface area contributed by atoms with E-state index < -0.39 is 20.7 Å². The third-order valence-electron chi connectivity index (χ3n) is 4.37. The molecule has 1 saturated carbocycles. The molecule has 9 heteroatoms. The first kappa shape index (κ1) is 17.3. The maximum Gasteiger partial charge on any atom is 0.270 e. The molecule has 0 amide bonds. The van der Waals surface area contributed by atoms with Gasteiger partial charge in [0.05, 0.1) is 22.5 Å². The lowest BCUT2D eigenvalue weighted by Gasteiger charge is -2.31. The van der Waals surface area contributed by atoms with Crippen LogP contribution in [-0.2, 0) is 19.5 Å². The van der Waals surface area contributed by atoms with Crippen molar-refractivity contribution in [1.29, 1.82) is 0 Å². The second-order valence-electron chi connectivity index (χ2n) is 6.13. The molecule has 24 heavy (non-hydrogen) atoms. The monoisotopic (exact) mass is 356 g/mol. The van der Waals surface area contributed by atoms with Crippen LogP contribution in [0, 0.1) is 10.1 Å². The maximum absolute atomic E-state index is 12.3. The van der Waals surface area contributed by atoms with E-state index in [-0.39, 0.29) is 23.2 Å². The molecule has 1 spiro atoms. The van der Waals surface area contributed by atoms with Crippen molar-refractivity contribution in [3.8, 4) is 0 Å². The van der Waals surface area contributed by atoms with Gasteiger partial charge in [0, 0.05) is 31.5 Å². The van der Waals surface area contributed by atoms with Gasteiger partial charge in [0.15, 0.2) is 5.79 Å². The van der Waals surface area contributed by atoms with Crippen molar-refractivity contribution < 1.29 is 22.8 Å². The summed E-state index contributed by atoms with van der Waals surface area (Å²) >= 11 is 0. The predicted octanol–water partition coefficient (Wildman–Crippen LogP) is 1.95. The molecule has 1 heterocycles. The molecule has 1 atom stereocenters. The lowest BCUT2D eigenvalue weighted by molar-refractivity contribution is -0.385. The summed E-state index contributed by atoms with van der Waals surface area (Å²) in [6, 6.07) is 4.96. The van der Waals surface area contributed by atoms with Crippen LogP contribution < -0.4 is 4.72 Å². The quantitative estimate of drug-likeness (QED) is 0.638. The third kappa shape index (κ3) is 3.75. The molecule has 3 rings (SSSR count). The second kappa shape index (κ2) is 6.75. The SMILES string of the molecule is O=[N+]([O-])c1cccc(S(=O)(=O)NC[C@@H]2COC3(CCCCC3)O2)c1. The predicted molar refractivity (Wildman–Crippen MR) is 84.9 cm³/mol. The van der Waals surface area contributed by atoms with Crippen molar-refractivity contribution in [2.75, 3.05) is 13.2 Å². The van der Waals surface area contributed by atoms with E-state index in [4.69, 9.17) is 9.47 Å². The van der Waals surface area contributed by atoms with Crippen LogP contribution in [-0.4, -0.2) is 38.4 Å². The van der Waals surface area contributed by atoms with Crippen LogP contribution in [0.5, 0.6) is 0 Å². The zero-order valence-electron chi connectivity index (χ0n) is 13.1. The van der Waals surface area contributed by atoms with Gasteiger partial charge in [-0.05, 0) is 18.9 Å². The Balaban J connectivity index is 1.61. The van der Waals surface area contributed by atoms with Gasteiger partial charge in [0.1, 0.15) is 0 Å². The van der Waals surface area contributed by atoms with Gasteiger partial charge < -0.3 is 9.47 Å². The van der Waals surface area contributed by atoms with Gasteiger partial charge in [0.25, 0.3) is 5.69 Å². The van der Waals surface area contributed by atoms with Crippen LogP contribution in [0.2, 0.25) is 0 Å². The number of nitrogens with one attached hydrogen (secondary N) is 1. The first-order valence-corrected chi connectivity index (χ1v) is 9.44. The Labute approximate surface area is 140 Å². The van der Waals surface area contributed by atoms with Crippen molar-refractivity contribution >= 4 is 15.7 Å². The van der Waals surface area contributed by atoms with Crippen molar-refractivity contribution in [3.63, 3.8) is 0 Å². The Hall–Kier alpha value is -1.55. The lowest BCUT2D eigenvalue weighted by Crippen LogP contribution is -2.37. The highest BCUT2D eigenvalue weighted by molar-refractivity contribution is 7.89. The molecule has 0 bridgehead atoms. The molecule has 8 nitrogen and oxygen atoms in total. The zero-order chi connectivity index (χ0) is 17.2. The Bertz CT molecular complexity index is 714. The lowest BCUT2D eigenvalue weighted by atomic mass is 9.94. The van der Waals surface area contributed by atoms with Crippen LogP contribution in [0.15, 0.2) is 29.2 Å². The Morgan fingerprint density at radius 3 is 2.75 bits per heavy atom. The Morgan fingerprint density at radius 1 is 1.29 bits per heavy atom. The molecule has 1 aromatic rings. The number of sulfonamides is 1. The van der Waals surface area contributed by atoms with Crippen LogP contribution in [0.1, 0.15) is 32.1 Å². The van der Waals surface area contributed by atoms with Crippen molar-refractivity contribution in [1.82, 2.24) is 4.72 Å². The number of nitrogens with zero attached hydrogens (tertiary/aromatic N) is 1. The summed E-state index contributed by atoms with van der Waals surface area (Å²) in [6.07, 6.45) is 4.58.